The Morgan fingerprint density at radius 3 is 2.39 bits per heavy atom. The van der Waals surface area contributed by atoms with E-state index in [1.807, 2.05) is 60.7 Å². The van der Waals surface area contributed by atoms with Gasteiger partial charge >= 0.3 is 0 Å². The molecule has 1 amide bonds. The van der Waals surface area contributed by atoms with Gasteiger partial charge in [0.2, 0.25) is 0 Å². The third-order valence-corrected chi connectivity index (χ3v) is 4.15. The molecule has 0 fully saturated rings. The normalized spacial score (nSPS) is 10.5. The van der Waals surface area contributed by atoms with E-state index < -0.39 is 0 Å². The molecule has 6 heteroatoms. The zero-order chi connectivity index (χ0) is 19.6. The topological polar surface area (TPSA) is 76.1 Å². The van der Waals surface area contributed by atoms with Crippen LogP contribution in [0, 0.1) is 0 Å². The number of nitrogens with one attached hydrogen (secondary N) is 2. The van der Waals surface area contributed by atoms with Crippen molar-refractivity contribution in [3.63, 3.8) is 0 Å². The third kappa shape index (κ3) is 5.62. The first-order valence-electron chi connectivity index (χ1n) is 9.25. The molecule has 2 N–H and O–H groups in total. The predicted molar refractivity (Wildman–Crippen MR) is 110 cm³/mol. The smallest absolute Gasteiger partial charge is 0.270 e. The summed E-state index contributed by atoms with van der Waals surface area (Å²) in [5.41, 5.74) is 2.37. The highest BCUT2D eigenvalue weighted by Gasteiger charge is 2.13. The van der Waals surface area contributed by atoms with Crippen molar-refractivity contribution in [2.45, 2.75) is 6.42 Å². The molecule has 28 heavy (non-hydrogen) atoms. The molecule has 0 saturated carbocycles. The Hall–Kier alpha value is -3.25. The second kappa shape index (κ2) is 10.2. The summed E-state index contributed by atoms with van der Waals surface area (Å²) >= 11 is 0. The maximum absolute atomic E-state index is 12.6. The minimum absolute atomic E-state index is 0.217. The van der Waals surface area contributed by atoms with Gasteiger partial charge in [0.15, 0.2) is 5.82 Å². The number of amides is 1. The molecule has 2 aromatic carbocycles. The maximum atomic E-state index is 12.6. The van der Waals surface area contributed by atoms with E-state index >= 15 is 0 Å². The van der Waals surface area contributed by atoms with Gasteiger partial charge in [0.1, 0.15) is 11.5 Å². The van der Waals surface area contributed by atoms with Crippen molar-refractivity contribution in [3.05, 3.63) is 78.0 Å². The van der Waals surface area contributed by atoms with Crippen LogP contribution in [0.25, 0.3) is 11.4 Å². The fourth-order valence-corrected chi connectivity index (χ4v) is 2.71. The van der Waals surface area contributed by atoms with E-state index in [0.717, 1.165) is 12.0 Å². The zero-order valence-corrected chi connectivity index (χ0v) is 15.9. The van der Waals surface area contributed by atoms with Gasteiger partial charge in [-0.2, -0.15) is 0 Å². The molecule has 6 nitrogen and oxygen atoms in total. The molecule has 0 spiro atoms. The maximum Gasteiger partial charge on any atom is 0.270 e. The van der Waals surface area contributed by atoms with Crippen LogP contribution in [0.4, 0.5) is 5.82 Å². The summed E-state index contributed by atoms with van der Waals surface area (Å²) in [6.07, 6.45) is 0.766. The van der Waals surface area contributed by atoms with Crippen LogP contribution in [0.5, 0.6) is 0 Å². The molecule has 1 heterocycles. The summed E-state index contributed by atoms with van der Waals surface area (Å²) in [4.78, 5) is 21.6. The lowest BCUT2D eigenvalue weighted by molar-refractivity contribution is 0.0949. The van der Waals surface area contributed by atoms with Gasteiger partial charge in [-0.1, -0.05) is 60.7 Å². The molecule has 3 rings (SSSR count). The van der Waals surface area contributed by atoms with Crippen molar-refractivity contribution in [3.8, 4) is 11.4 Å². The van der Waals surface area contributed by atoms with E-state index in [0.29, 0.717) is 37.0 Å². The molecule has 144 valence electrons. The van der Waals surface area contributed by atoms with Crippen LogP contribution < -0.4 is 10.6 Å². The molecule has 0 aliphatic heterocycles. The van der Waals surface area contributed by atoms with Crippen LogP contribution in [0.1, 0.15) is 16.1 Å². The molecule has 0 radical (unpaired) electrons. The monoisotopic (exact) mass is 376 g/mol. The number of carbonyl (C=O) groups excluding carboxylic acids is 1. The molecule has 0 aliphatic carbocycles. The fraction of sp³-hybridized carbons (Fsp3) is 0.227. The summed E-state index contributed by atoms with van der Waals surface area (Å²) in [6.45, 7) is 1.68. The number of hydrogen-bond donors (Lipinski definition) is 2. The molecule has 0 atom stereocenters. The van der Waals surface area contributed by atoms with E-state index in [1.165, 1.54) is 5.56 Å². The number of methoxy groups -OCH3 is 1. The quantitative estimate of drug-likeness (QED) is 0.561. The Morgan fingerprint density at radius 1 is 0.964 bits per heavy atom. The molecule has 3 aromatic rings. The summed E-state index contributed by atoms with van der Waals surface area (Å²) in [5.74, 6) is 0.889. The van der Waals surface area contributed by atoms with Gasteiger partial charge in [-0.25, -0.2) is 9.97 Å². The van der Waals surface area contributed by atoms with E-state index in [-0.39, 0.29) is 5.91 Å². The number of carbonyl (C=O) groups is 1. The number of anilines is 1. The summed E-state index contributed by atoms with van der Waals surface area (Å²) in [7, 11) is 1.64. The highest BCUT2D eigenvalue weighted by molar-refractivity contribution is 5.93. The van der Waals surface area contributed by atoms with Crippen molar-refractivity contribution in [1.82, 2.24) is 15.3 Å². The first-order valence-corrected chi connectivity index (χ1v) is 9.25. The van der Waals surface area contributed by atoms with Gasteiger partial charge in [0, 0.05) is 31.8 Å². The fourth-order valence-electron chi connectivity index (χ4n) is 2.71. The predicted octanol–water partition coefficient (Wildman–Crippen LogP) is 3.17. The van der Waals surface area contributed by atoms with Gasteiger partial charge in [-0.15, -0.1) is 0 Å². The SMILES string of the molecule is COCCNc1cc(C(=O)NCCc2ccccc2)nc(-c2ccccc2)n1. The second-order valence-corrected chi connectivity index (χ2v) is 6.24. The molecule has 0 bridgehead atoms. The molecule has 0 aliphatic rings. The number of nitrogens with zero attached hydrogens (tertiary/aromatic N) is 2. The van der Waals surface area contributed by atoms with Crippen LogP contribution in [0.2, 0.25) is 0 Å². The lowest BCUT2D eigenvalue weighted by Crippen LogP contribution is -2.27. The molecule has 0 saturated heterocycles. The zero-order valence-electron chi connectivity index (χ0n) is 15.9. The highest BCUT2D eigenvalue weighted by atomic mass is 16.5. The Kier molecular flexibility index (Phi) is 7.09. The lowest BCUT2D eigenvalue weighted by Gasteiger charge is -2.10. The van der Waals surface area contributed by atoms with Gasteiger partial charge in [-0.3, -0.25) is 4.79 Å². The van der Waals surface area contributed by atoms with Crippen molar-refractivity contribution in [2.24, 2.45) is 0 Å². The Bertz CT molecular complexity index is 886. The van der Waals surface area contributed by atoms with Gasteiger partial charge in [0.05, 0.1) is 6.61 Å². The molecule has 1 aromatic heterocycles. The van der Waals surface area contributed by atoms with Crippen molar-refractivity contribution in [1.29, 1.82) is 0 Å². The number of hydrogen-bond acceptors (Lipinski definition) is 5. The van der Waals surface area contributed by atoms with Crippen molar-refractivity contribution < 1.29 is 9.53 Å². The minimum atomic E-state index is -0.217. The summed E-state index contributed by atoms with van der Waals surface area (Å²) in [5, 5.41) is 6.12. The highest BCUT2D eigenvalue weighted by Crippen LogP contribution is 2.17. The minimum Gasteiger partial charge on any atom is -0.383 e. The van der Waals surface area contributed by atoms with Crippen molar-refractivity contribution >= 4 is 11.7 Å². The summed E-state index contributed by atoms with van der Waals surface area (Å²) < 4.78 is 5.07. The molecular weight excluding hydrogens is 352 g/mol. The van der Waals surface area contributed by atoms with Crippen LogP contribution in [0.3, 0.4) is 0 Å². The Labute approximate surface area is 165 Å². The Balaban J connectivity index is 1.74. The number of benzene rings is 2. The lowest BCUT2D eigenvalue weighted by atomic mass is 10.1. The van der Waals surface area contributed by atoms with Crippen LogP contribution >= 0.6 is 0 Å². The van der Waals surface area contributed by atoms with Gasteiger partial charge in [-0.05, 0) is 12.0 Å². The van der Waals surface area contributed by atoms with E-state index in [9.17, 15) is 4.79 Å². The second-order valence-electron chi connectivity index (χ2n) is 6.24. The number of rotatable bonds is 9. The standard InChI is InChI=1S/C22H24N4O2/c1-28-15-14-23-20-16-19(25-21(26-20)18-10-6-3-7-11-18)22(27)24-13-12-17-8-4-2-5-9-17/h2-11,16H,12-15H2,1H3,(H,24,27)(H,23,25,26). The Morgan fingerprint density at radius 2 is 1.68 bits per heavy atom. The number of aromatic nitrogens is 2. The number of ether oxygens (including phenoxy) is 1. The van der Waals surface area contributed by atoms with E-state index in [2.05, 4.69) is 20.6 Å². The van der Waals surface area contributed by atoms with Crippen LogP contribution in [-0.4, -0.2) is 42.7 Å². The largest absolute Gasteiger partial charge is 0.383 e. The van der Waals surface area contributed by atoms with Crippen molar-refractivity contribution in [2.75, 3.05) is 32.1 Å². The average Bonchev–Trinajstić information content (AvgIpc) is 2.75. The van der Waals surface area contributed by atoms with Crippen LogP contribution in [-0.2, 0) is 11.2 Å². The molecule has 0 unspecified atom stereocenters. The third-order valence-electron chi connectivity index (χ3n) is 4.15. The first-order chi connectivity index (χ1) is 13.8. The van der Waals surface area contributed by atoms with E-state index in [1.54, 1.807) is 13.2 Å². The first kappa shape index (κ1) is 19.5. The molecular formula is C22H24N4O2. The van der Waals surface area contributed by atoms with Crippen LogP contribution in [0.15, 0.2) is 66.7 Å². The van der Waals surface area contributed by atoms with E-state index in [4.69, 9.17) is 4.74 Å². The van der Waals surface area contributed by atoms with Gasteiger partial charge < -0.3 is 15.4 Å². The average molecular weight is 376 g/mol. The van der Waals surface area contributed by atoms with Gasteiger partial charge in [0.25, 0.3) is 5.91 Å². The summed E-state index contributed by atoms with van der Waals surface area (Å²) in [6, 6.07) is 21.3.